The Bertz CT molecular complexity index is 3450. The van der Waals surface area contributed by atoms with Crippen LogP contribution in [0.15, 0.2) is 186 Å². The smallest absolute Gasteiger partial charge is 0.143 e. The maximum atomic E-state index is 6.75. The Hall–Kier alpha value is -6.74. The summed E-state index contributed by atoms with van der Waals surface area (Å²) in [6.45, 7) is 0. The predicted octanol–water partition coefficient (Wildman–Crippen LogP) is 14.8. The van der Waals surface area contributed by atoms with Gasteiger partial charge in [-0.05, 0) is 119 Å². The molecule has 254 valence electrons. The molecule has 0 bridgehead atoms. The summed E-state index contributed by atoms with van der Waals surface area (Å²) in [6.07, 6.45) is 0. The van der Waals surface area contributed by atoms with Crippen LogP contribution in [-0.2, 0) is 5.41 Å². The molecule has 13 rings (SSSR count). The lowest BCUT2D eigenvalue weighted by Gasteiger charge is -2.32. The minimum absolute atomic E-state index is 0.503. The molecule has 0 spiro atoms. The summed E-state index contributed by atoms with van der Waals surface area (Å²) < 4.78 is 8.08. The summed E-state index contributed by atoms with van der Waals surface area (Å²) in [5.74, 6) is 0. The lowest BCUT2D eigenvalue weighted by atomic mass is 9.69. The zero-order chi connectivity index (χ0) is 35.8. The highest BCUT2D eigenvalue weighted by Gasteiger charge is 2.54. The Balaban J connectivity index is 1.21. The van der Waals surface area contributed by atoms with Crippen molar-refractivity contribution in [2.24, 2.45) is 0 Å². The second-order valence-corrected chi connectivity index (χ2v) is 16.1. The SMILES string of the molecule is c1ccc2c(c1)-c1cccc3c1C2(c1cc(-c2cc4ccccc4c4ccccc24)cc(-c2cccc4c2oc2ccccc24)c1)c1c-3sc2ccccc12. The van der Waals surface area contributed by atoms with Gasteiger partial charge >= 0.3 is 0 Å². The van der Waals surface area contributed by atoms with E-state index in [0.717, 1.165) is 33.1 Å². The molecular formula is C53H30OS. The first-order chi connectivity index (χ1) is 27.3. The molecule has 1 nitrogen and oxygen atoms in total. The Labute approximate surface area is 321 Å². The molecule has 0 fully saturated rings. The molecule has 0 saturated carbocycles. The Morgan fingerprint density at radius 2 is 1.04 bits per heavy atom. The number of hydrogen-bond donors (Lipinski definition) is 0. The van der Waals surface area contributed by atoms with E-state index in [1.807, 2.05) is 11.3 Å². The van der Waals surface area contributed by atoms with Gasteiger partial charge in [-0.25, -0.2) is 0 Å². The molecule has 2 heterocycles. The number of thiophene rings is 1. The van der Waals surface area contributed by atoms with Crippen LogP contribution in [0.3, 0.4) is 0 Å². The van der Waals surface area contributed by atoms with Crippen molar-refractivity contribution in [3.05, 3.63) is 204 Å². The molecule has 9 aromatic carbocycles. The van der Waals surface area contributed by atoms with E-state index in [9.17, 15) is 0 Å². The standard InChI is InChI=1S/C53H30OS/c1-2-14-35-31(13-1)30-45(38-16-4-3-15-37(35)38)33-27-32(36-20-11-22-42-40-18-6-9-25-47(40)54-51(36)42)28-34(29-33)53-46-24-8-5-17-39(46)41-21-12-23-44(49(41)53)52-50(53)43-19-7-10-26-48(43)55-52/h1-30H. The summed E-state index contributed by atoms with van der Waals surface area (Å²) >= 11 is 1.94. The van der Waals surface area contributed by atoms with Gasteiger partial charge in [-0.15, -0.1) is 11.3 Å². The third-order valence-electron chi connectivity index (χ3n) is 12.4. The van der Waals surface area contributed by atoms with Crippen LogP contribution in [0.4, 0.5) is 0 Å². The van der Waals surface area contributed by atoms with Gasteiger partial charge in [0.2, 0.25) is 0 Å². The summed E-state index contributed by atoms with van der Waals surface area (Å²) in [5, 5.41) is 8.66. The van der Waals surface area contributed by atoms with Crippen molar-refractivity contribution in [2.45, 2.75) is 5.41 Å². The third-order valence-corrected chi connectivity index (χ3v) is 13.6. The maximum Gasteiger partial charge on any atom is 0.143 e. The van der Waals surface area contributed by atoms with Gasteiger partial charge in [0.05, 0.1) is 5.41 Å². The number of hydrogen-bond acceptors (Lipinski definition) is 2. The summed E-state index contributed by atoms with van der Waals surface area (Å²) in [5.41, 5.74) is 15.5. The first-order valence-electron chi connectivity index (χ1n) is 19.0. The van der Waals surface area contributed by atoms with Crippen LogP contribution < -0.4 is 0 Å². The van der Waals surface area contributed by atoms with Crippen molar-refractivity contribution >= 4 is 64.9 Å². The molecule has 2 aromatic heterocycles. The molecule has 2 aliphatic rings. The zero-order valence-corrected chi connectivity index (χ0v) is 30.5. The van der Waals surface area contributed by atoms with Gasteiger partial charge in [-0.1, -0.05) is 146 Å². The van der Waals surface area contributed by atoms with Crippen molar-refractivity contribution in [3.63, 3.8) is 0 Å². The van der Waals surface area contributed by atoms with Crippen molar-refractivity contribution in [3.8, 4) is 43.8 Å². The largest absolute Gasteiger partial charge is 0.455 e. The topological polar surface area (TPSA) is 13.1 Å². The normalized spacial score (nSPS) is 15.3. The van der Waals surface area contributed by atoms with E-state index in [2.05, 4.69) is 182 Å². The predicted molar refractivity (Wildman–Crippen MR) is 231 cm³/mol. The van der Waals surface area contributed by atoms with Crippen molar-refractivity contribution < 1.29 is 4.42 Å². The van der Waals surface area contributed by atoms with Gasteiger partial charge in [0.25, 0.3) is 0 Å². The van der Waals surface area contributed by atoms with Gasteiger partial charge in [0.1, 0.15) is 11.2 Å². The quantitative estimate of drug-likeness (QED) is 0.166. The average molecular weight is 715 g/mol. The lowest BCUT2D eigenvalue weighted by molar-refractivity contribution is 0.670. The minimum Gasteiger partial charge on any atom is -0.455 e. The Morgan fingerprint density at radius 3 is 1.95 bits per heavy atom. The van der Waals surface area contributed by atoms with Crippen LogP contribution in [0.1, 0.15) is 22.3 Å². The van der Waals surface area contributed by atoms with E-state index in [-0.39, 0.29) is 0 Å². The van der Waals surface area contributed by atoms with E-state index in [1.54, 1.807) is 0 Å². The molecule has 0 N–H and O–H groups in total. The molecule has 55 heavy (non-hydrogen) atoms. The summed E-state index contributed by atoms with van der Waals surface area (Å²) in [7, 11) is 0. The van der Waals surface area contributed by atoms with Crippen LogP contribution in [0, 0.1) is 0 Å². The number of furan rings is 1. The summed E-state index contributed by atoms with van der Waals surface area (Å²) in [6, 6.07) is 67.7. The van der Waals surface area contributed by atoms with E-state index in [1.165, 1.54) is 86.6 Å². The molecule has 0 amide bonds. The molecule has 1 atom stereocenters. The average Bonchev–Trinajstić information content (AvgIpc) is 3.98. The van der Waals surface area contributed by atoms with Crippen LogP contribution >= 0.6 is 11.3 Å². The highest BCUT2D eigenvalue weighted by molar-refractivity contribution is 7.22. The van der Waals surface area contributed by atoms with E-state index in [0.29, 0.717) is 0 Å². The molecule has 11 aromatic rings. The van der Waals surface area contributed by atoms with Crippen molar-refractivity contribution in [1.29, 1.82) is 0 Å². The zero-order valence-electron chi connectivity index (χ0n) is 29.6. The first-order valence-corrected chi connectivity index (χ1v) is 19.8. The van der Waals surface area contributed by atoms with Crippen LogP contribution in [0.2, 0.25) is 0 Å². The van der Waals surface area contributed by atoms with E-state index in [4.69, 9.17) is 4.42 Å². The Morgan fingerprint density at radius 1 is 0.400 bits per heavy atom. The maximum absolute atomic E-state index is 6.75. The number of fused-ring (bicyclic) bond motifs is 14. The van der Waals surface area contributed by atoms with Gasteiger partial charge < -0.3 is 4.42 Å². The second kappa shape index (κ2) is 10.7. The van der Waals surface area contributed by atoms with Crippen LogP contribution in [0.5, 0.6) is 0 Å². The molecule has 1 unspecified atom stereocenters. The molecule has 2 aliphatic carbocycles. The van der Waals surface area contributed by atoms with E-state index < -0.39 is 5.41 Å². The number of para-hydroxylation sites is 2. The second-order valence-electron chi connectivity index (χ2n) is 15.1. The van der Waals surface area contributed by atoms with Gasteiger partial charge in [-0.3, -0.25) is 0 Å². The fourth-order valence-corrected chi connectivity index (χ4v) is 11.6. The monoisotopic (exact) mass is 714 g/mol. The van der Waals surface area contributed by atoms with E-state index >= 15 is 0 Å². The molecule has 0 radical (unpaired) electrons. The van der Waals surface area contributed by atoms with Gasteiger partial charge in [-0.2, -0.15) is 0 Å². The molecule has 0 aliphatic heterocycles. The fraction of sp³-hybridized carbons (Fsp3) is 0.0189. The van der Waals surface area contributed by atoms with Crippen LogP contribution in [0.25, 0.3) is 97.4 Å². The fourth-order valence-electron chi connectivity index (χ4n) is 10.3. The molecular weight excluding hydrogens is 685 g/mol. The highest BCUT2D eigenvalue weighted by Crippen LogP contribution is 2.67. The first kappa shape index (κ1) is 29.7. The Kier molecular flexibility index (Phi) is 5.77. The molecule has 2 heteroatoms. The van der Waals surface area contributed by atoms with Gasteiger partial charge in [0.15, 0.2) is 0 Å². The number of rotatable bonds is 3. The van der Waals surface area contributed by atoms with Gasteiger partial charge in [0, 0.05) is 25.9 Å². The minimum atomic E-state index is -0.503. The number of benzene rings is 9. The highest BCUT2D eigenvalue weighted by atomic mass is 32.1. The lowest BCUT2D eigenvalue weighted by Crippen LogP contribution is -2.26. The van der Waals surface area contributed by atoms with Crippen molar-refractivity contribution in [1.82, 2.24) is 0 Å². The van der Waals surface area contributed by atoms with Crippen molar-refractivity contribution in [2.75, 3.05) is 0 Å². The van der Waals surface area contributed by atoms with Crippen LogP contribution in [-0.4, -0.2) is 0 Å². The summed E-state index contributed by atoms with van der Waals surface area (Å²) in [4.78, 5) is 1.38. The molecule has 0 saturated heterocycles. The third kappa shape index (κ3) is 3.77.